The van der Waals surface area contributed by atoms with E-state index in [0.717, 1.165) is 22.3 Å². The Labute approximate surface area is 317 Å². The summed E-state index contributed by atoms with van der Waals surface area (Å²) in [5.41, 5.74) is 5.71. The van der Waals surface area contributed by atoms with E-state index < -0.39 is 32.7 Å². The van der Waals surface area contributed by atoms with Crippen molar-refractivity contribution < 1.29 is 23.7 Å². The second-order valence-corrected chi connectivity index (χ2v) is 20.6. The summed E-state index contributed by atoms with van der Waals surface area (Å²) in [5, 5.41) is 11.7. The van der Waals surface area contributed by atoms with E-state index in [0.29, 0.717) is 54.6 Å². The molecule has 1 aromatic heterocycles. The van der Waals surface area contributed by atoms with Crippen molar-refractivity contribution in [1.29, 1.82) is 0 Å². The Balaban J connectivity index is 1.48. The average molecular weight is 733 g/mol. The van der Waals surface area contributed by atoms with Gasteiger partial charge in [-0.1, -0.05) is 163 Å². The lowest BCUT2D eigenvalue weighted by molar-refractivity contribution is -0.185. The highest BCUT2D eigenvalue weighted by molar-refractivity contribution is 6.77. The zero-order valence-electron chi connectivity index (χ0n) is 32.0. The van der Waals surface area contributed by atoms with Gasteiger partial charge >= 0.3 is 0 Å². The molecule has 4 aromatic carbocycles. The molecule has 2 heterocycles. The maximum Gasteiger partial charge on any atom is 0.200 e. The Morgan fingerprint density at radius 1 is 0.604 bits per heavy atom. The molecule has 0 amide bonds. The second kappa shape index (κ2) is 18.0. The molecule has 1 aliphatic heterocycles. The minimum atomic E-state index is -2.30. The molecule has 0 spiro atoms. The number of aliphatic hydroxyl groups is 1. The molecule has 5 aromatic rings. The van der Waals surface area contributed by atoms with E-state index in [1.807, 2.05) is 91.1 Å². The smallest absolute Gasteiger partial charge is 0.200 e. The quantitative estimate of drug-likeness (QED) is 0.0960. The Bertz CT molecular complexity index is 1800. The van der Waals surface area contributed by atoms with Crippen molar-refractivity contribution in [2.75, 3.05) is 6.61 Å². The number of aliphatic hydroxyl groups excluding tert-OH is 1. The van der Waals surface area contributed by atoms with Crippen molar-refractivity contribution in [3.05, 3.63) is 161 Å². The van der Waals surface area contributed by atoms with E-state index in [9.17, 15) is 5.11 Å². The van der Waals surface area contributed by atoms with Gasteiger partial charge in [0.1, 0.15) is 30.2 Å². The predicted molar refractivity (Wildman–Crippen MR) is 213 cm³/mol. The number of rotatable bonds is 17. The van der Waals surface area contributed by atoms with E-state index in [-0.39, 0.29) is 6.04 Å². The third-order valence-electron chi connectivity index (χ3n) is 10.8. The van der Waals surface area contributed by atoms with Gasteiger partial charge in [0, 0.05) is 6.20 Å². The van der Waals surface area contributed by atoms with Crippen LogP contribution in [0.15, 0.2) is 128 Å². The molecule has 0 bridgehead atoms. The van der Waals surface area contributed by atoms with Crippen LogP contribution in [-0.2, 0) is 38.5 Å². The first-order chi connectivity index (χ1) is 25.7. The Morgan fingerprint density at radius 2 is 1.04 bits per heavy atom. The van der Waals surface area contributed by atoms with E-state index in [2.05, 4.69) is 82.5 Å². The van der Waals surface area contributed by atoms with Gasteiger partial charge in [-0.3, -0.25) is 0 Å². The van der Waals surface area contributed by atoms with Crippen molar-refractivity contribution in [3.8, 4) is 0 Å². The first kappa shape index (κ1) is 38.8. The van der Waals surface area contributed by atoms with Crippen LogP contribution < -0.4 is 0 Å². The summed E-state index contributed by atoms with van der Waals surface area (Å²) in [6.45, 7) is 15.4. The highest BCUT2D eigenvalue weighted by Gasteiger charge is 2.50. The van der Waals surface area contributed by atoms with Crippen LogP contribution in [0.5, 0.6) is 0 Å². The summed E-state index contributed by atoms with van der Waals surface area (Å²) in [4.78, 5) is 5.19. The molecule has 0 fully saturated rings. The van der Waals surface area contributed by atoms with Gasteiger partial charge in [0.2, 0.25) is 0 Å². The molecule has 6 rings (SSSR count). The predicted octanol–water partition coefficient (Wildman–Crippen LogP) is 10.1. The van der Waals surface area contributed by atoms with Crippen molar-refractivity contribution in [1.82, 2.24) is 9.55 Å². The van der Waals surface area contributed by atoms with Crippen molar-refractivity contribution in [2.24, 2.45) is 0 Å². The molecule has 0 saturated heterocycles. The Morgan fingerprint density at radius 3 is 1.51 bits per heavy atom. The summed E-state index contributed by atoms with van der Waals surface area (Å²) < 4.78 is 30.4. The Hall–Kier alpha value is -3.89. The van der Waals surface area contributed by atoms with Gasteiger partial charge in [-0.15, -0.1) is 0 Å². The first-order valence-corrected chi connectivity index (χ1v) is 21.2. The largest absolute Gasteiger partial charge is 0.414 e. The van der Waals surface area contributed by atoms with Gasteiger partial charge in [-0.25, -0.2) is 4.98 Å². The molecule has 7 nitrogen and oxygen atoms in total. The van der Waals surface area contributed by atoms with Crippen molar-refractivity contribution >= 4 is 8.32 Å². The monoisotopic (exact) mass is 732 g/mol. The number of benzene rings is 4. The minimum Gasteiger partial charge on any atom is -0.414 e. The van der Waals surface area contributed by atoms with Crippen LogP contribution in [0.2, 0.25) is 16.6 Å². The first-order valence-electron chi connectivity index (χ1n) is 19.1. The van der Waals surface area contributed by atoms with E-state index in [1.165, 1.54) is 0 Å². The van der Waals surface area contributed by atoms with Gasteiger partial charge in [0.25, 0.3) is 0 Å². The molecule has 53 heavy (non-hydrogen) atoms. The van der Waals surface area contributed by atoms with Crippen LogP contribution in [0.3, 0.4) is 0 Å². The van der Waals surface area contributed by atoms with Gasteiger partial charge < -0.3 is 28.3 Å². The van der Waals surface area contributed by atoms with Crippen LogP contribution in [-0.4, -0.2) is 41.8 Å². The second-order valence-electron chi connectivity index (χ2n) is 15.2. The fraction of sp³-hybridized carbons (Fsp3) is 0.400. The molecule has 1 N–H and O–H groups in total. The fourth-order valence-corrected chi connectivity index (χ4v) is 13.8. The summed E-state index contributed by atoms with van der Waals surface area (Å²) in [6.07, 6.45) is -0.555. The molecule has 8 heteroatoms. The van der Waals surface area contributed by atoms with E-state index in [4.69, 9.17) is 23.6 Å². The number of hydrogen-bond acceptors (Lipinski definition) is 6. The lowest BCUT2D eigenvalue weighted by Gasteiger charge is -2.46. The minimum absolute atomic E-state index is 0.307. The highest BCUT2D eigenvalue weighted by atomic mass is 28.4. The fourth-order valence-electron chi connectivity index (χ4n) is 8.29. The lowest BCUT2D eigenvalue weighted by atomic mass is 9.95. The van der Waals surface area contributed by atoms with Crippen LogP contribution in [0.25, 0.3) is 0 Å². The molecule has 280 valence electrons. The summed E-state index contributed by atoms with van der Waals surface area (Å²) in [7, 11) is -2.30. The van der Waals surface area contributed by atoms with E-state index >= 15 is 0 Å². The Kier molecular flexibility index (Phi) is 13.2. The molecule has 0 radical (unpaired) electrons. The highest BCUT2D eigenvalue weighted by Crippen LogP contribution is 2.45. The number of hydrogen-bond donors (Lipinski definition) is 1. The van der Waals surface area contributed by atoms with Gasteiger partial charge in [0.15, 0.2) is 8.32 Å². The van der Waals surface area contributed by atoms with Crippen LogP contribution >= 0.6 is 0 Å². The van der Waals surface area contributed by atoms with Crippen LogP contribution in [0.4, 0.5) is 0 Å². The number of fused-ring (bicyclic) bond motifs is 1. The van der Waals surface area contributed by atoms with Crippen LogP contribution in [0.1, 0.15) is 93.6 Å². The summed E-state index contributed by atoms with van der Waals surface area (Å²) in [6, 6.07) is 40.0. The standard InChI is InChI=1S/C45H56N2O5Si/c1-32(2)53(33(3)4,34(5)6)52-31-40-42(49-28-35-19-11-7-12-20-35)43(50-29-36-21-13-8-14-22-36)44(51-30-37-23-15-9-16-24-37)45-46-39(27-47(40)45)41(48)38-25-17-10-18-26-38/h7-27,32-34,40-44,48H,28-31H2,1-6H3/t40-,41?,42-,43+,44-/m1/s1. The number of aromatic nitrogens is 2. The van der Waals surface area contributed by atoms with Crippen molar-refractivity contribution in [3.63, 3.8) is 0 Å². The molecule has 5 atom stereocenters. The van der Waals surface area contributed by atoms with Crippen LogP contribution in [0, 0.1) is 0 Å². The normalized spacial score (nSPS) is 19.5. The summed E-state index contributed by atoms with van der Waals surface area (Å²) >= 11 is 0. The zero-order chi connectivity index (χ0) is 37.4. The molecular formula is C45H56N2O5Si. The lowest BCUT2D eigenvalue weighted by Crippen LogP contribution is -2.53. The molecule has 1 aliphatic rings. The maximum atomic E-state index is 11.7. The van der Waals surface area contributed by atoms with E-state index in [1.54, 1.807) is 0 Å². The van der Waals surface area contributed by atoms with Gasteiger partial charge in [-0.05, 0) is 38.9 Å². The molecule has 0 saturated carbocycles. The molecular weight excluding hydrogens is 677 g/mol. The average Bonchev–Trinajstić information content (AvgIpc) is 3.62. The van der Waals surface area contributed by atoms with Gasteiger partial charge in [0.05, 0.1) is 38.2 Å². The number of ether oxygens (including phenoxy) is 3. The third kappa shape index (κ3) is 8.91. The number of imidazole rings is 1. The number of nitrogens with zero attached hydrogens (tertiary/aromatic N) is 2. The zero-order valence-corrected chi connectivity index (χ0v) is 33.0. The third-order valence-corrected chi connectivity index (χ3v) is 16.9. The molecule has 0 aliphatic carbocycles. The molecule has 1 unspecified atom stereocenters. The topological polar surface area (TPSA) is 75.0 Å². The van der Waals surface area contributed by atoms with Crippen molar-refractivity contribution in [2.45, 2.75) is 108 Å². The SMILES string of the molecule is CC(C)[Si](OC[C@@H]1[C@@H](OCc2ccccc2)[C@H](OCc2ccccc2)[C@@H](OCc2ccccc2)c2nc(C(O)c3ccccc3)cn21)(C(C)C)C(C)C. The van der Waals surface area contributed by atoms with Gasteiger partial charge in [-0.2, -0.15) is 0 Å². The summed E-state index contributed by atoms with van der Waals surface area (Å²) in [5.74, 6) is 0.697. The maximum absolute atomic E-state index is 11.7.